The molecular weight excluding hydrogens is 341 g/mol. The Hall–Kier alpha value is -3.17. The zero-order valence-electron chi connectivity index (χ0n) is 14.7. The average molecular weight is 361 g/mol. The van der Waals surface area contributed by atoms with Crippen molar-refractivity contribution < 1.29 is 9.18 Å². The molecule has 0 spiro atoms. The minimum absolute atomic E-state index is 0.0713. The molecule has 2 aromatic rings. The van der Waals surface area contributed by atoms with Crippen molar-refractivity contribution in [3.8, 4) is 0 Å². The molecule has 0 bridgehead atoms. The molecule has 9 nitrogen and oxygen atoms in total. The number of halogens is 1. The number of anilines is 2. The molecule has 0 atom stereocenters. The van der Waals surface area contributed by atoms with Gasteiger partial charge in [-0.1, -0.05) is 13.8 Å². The summed E-state index contributed by atoms with van der Waals surface area (Å²) in [5.41, 5.74) is 6.37. The smallest absolute Gasteiger partial charge is 0.278 e. The quantitative estimate of drug-likeness (QED) is 0.737. The van der Waals surface area contributed by atoms with Crippen LogP contribution in [-0.2, 0) is 11.3 Å². The fourth-order valence-corrected chi connectivity index (χ4v) is 2.17. The predicted molar refractivity (Wildman–Crippen MR) is 95.8 cm³/mol. The Labute approximate surface area is 149 Å². The van der Waals surface area contributed by atoms with Crippen LogP contribution in [0.15, 0.2) is 22.3 Å². The van der Waals surface area contributed by atoms with Crippen LogP contribution >= 0.6 is 0 Å². The Morgan fingerprint density at radius 1 is 1.50 bits per heavy atom. The lowest BCUT2D eigenvalue weighted by Crippen LogP contribution is -2.34. The molecule has 0 aliphatic rings. The van der Waals surface area contributed by atoms with Gasteiger partial charge in [0.25, 0.3) is 5.56 Å². The number of aliphatic imine (C=N–C) groups is 1. The normalized spacial score (nSPS) is 11.3. The molecule has 2 rings (SSSR count). The van der Waals surface area contributed by atoms with Crippen LogP contribution in [-0.4, -0.2) is 38.4 Å². The molecule has 0 aliphatic heterocycles. The number of hydrogen-bond acceptors (Lipinski definition) is 7. The van der Waals surface area contributed by atoms with Crippen LogP contribution in [0.4, 0.5) is 15.9 Å². The Kier molecular flexibility index (Phi) is 6.10. The SMILES string of the molecule is CCN=Cc1c(N)c(C(C)C)nn(CC(=O)Nc2ncncc2F)c1=O. The van der Waals surface area contributed by atoms with Gasteiger partial charge in [-0.15, -0.1) is 0 Å². The van der Waals surface area contributed by atoms with Crippen molar-refractivity contribution in [2.45, 2.75) is 33.2 Å². The van der Waals surface area contributed by atoms with Gasteiger partial charge in [0.05, 0.1) is 23.1 Å². The highest BCUT2D eigenvalue weighted by molar-refractivity contribution is 5.90. The van der Waals surface area contributed by atoms with Crippen LogP contribution in [0.3, 0.4) is 0 Å². The first-order valence-electron chi connectivity index (χ1n) is 8.00. The first-order valence-corrected chi connectivity index (χ1v) is 8.00. The van der Waals surface area contributed by atoms with E-state index < -0.39 is 23.8 Å². The van der Waals surface area contributed by atoms with E-state index in [0.717, 1.165) is 17.2 Å². The molecule has 2 heterocycles. The van der Waals surface area contributed by atoms with Crippen molar-refractivity contribution in [1.29, 1.82) is 0 Å². The summed E-state index contributed by atoms with van der Waals surface area (Å²) in [6.45, 7) is 5.61. The van der Waals surface area contributed by atoms with E-state index in [9.17, 15) is 14.0 Å². The monoisotopic (exact) mass is 361 g/mol. The first-order chi connectivity index (χ1) is 12.3. The molecule has 0 aromatic carbocycles. The van der Waals surface area contributed by atoms with Crippen LogP contribution < -0.4 is 16.6 Å². The molecule has 3 N–H and O–H groups in total. The average Bonchev–Trinajstić information content (AvgIpc) is 2.59. The Morgan fingerprint density at radius 2 is 2.23 bits per heavy atom. The van der Waals surface area contributed by atoms with Gasteiger partial charge in [-0.2, -0.15) is 5.10 Å². The van der Waals surface area contributed by atoms with Gasteiger partial charge >= 0.3 is 0 Å². The summed E-state index contributed by atoms with van der Waals surface area (Å²) in [5.74, 6) is -1.78. The number of nitrogens with one attached hydrogen (secondary N) is 1. The third-order valence-corrected chi connectivity index (χ3v) is 3.43. The number of amides is 1. The fourth-order valence-electron chi connectivity index (χ4n) is 2.17. The number of rotatable bonds is 6. The molecule has 1 amide bonds. The second kappa shape index (κ2) is 8.28. The third kappa shape index (κ3) is 4.26. The van der Waals surface area contributed by atoms with Crippen LogP contribution in [0.1, 0.15) is 37.9 Å². The highest BCUT2D eigenvalue weighted by Crippen LogP contribution is 2.19. The zero-order chi connectivity index (χ0) is 19.3. The summed E-state index contributed by atoms with van der Waals surface area (Å²) in [6.07, 6.45) is 3.40. The number of nitrogen functional groups attached to an aromatic ring is 1. The largest absolute Gasteiger partial charge is 0.396 e. The Balaban J connectivity index is 2.37. The molecule has 10 heteroatoms. The maximum Gasteiger partial charge on any atom is 0.278 e. The number of carbonyl (C=O) groups is 1. The van der Waals surface area contributed by atoms with E-state index in [1.165, 1.54) is 6.21 Å². The lowest BCUT2D eigenvalue weighted by Gasteiger charge is -2.14. The summed E-state index contributed by atoms with van der Waals surface area (Å²) in [5, 5.41) is 6.46. The molecule has 2 aromatic heterocycles. The second-order valence-corrected chi connectivity index (χ2v) is 5.73. The van der Waals surface area contributed by atoms with Crippen molar-refractivity contribution in [3.05, 3.63) is 40.0 Å². The van der Waals surface area contributed by atoms with Gasteiger partial charge < -0.3 is 11.1 Å². The van der Waals surface area contributed by atoms with Crippen molar-refractivity contribution in [3.63, 3.8) is 0 Å². The fraction of sp³-hybridized carbons (Fsp3) is 0.375. The lowest BCUT2D eigenvalue weighted by molar-refractivity contribution is -0.117. The highest BCUT2D eigenvalue weighted by atomic mass is 19.1. The molecule has 26 heavy (non-hydrogen) atoms. The molecular formula is C16H20FN7O2. The third-order valence-electron chi connectivity index (χ3n) is 3.43. The summed E-state index contributed by atoms with van der Waals surface area (Å²) < 4.78 is 14.5. The highest BCUT2D eigenvalue weighted by Gasteiger charge is 2.18. The van der Waals surface area contributed by atoms with Gasteiger partial charge in [-0.3, -0.25) is 14.6 Å². The van der Waals surface area contributed by atoms with Gasteiger partial charge in [-0.05, 0) is 12.8 Å². The number of nitrogens with two attached hydrogens (primary N) is 1. The molecule has 0 radical (unpaired) electrons. The van der Waals surface area contributed by atoms with Crippen LogP contribution in [0, 0.1) is 5.82 Å². The van der Waals surface area contributed by atoms with Crippen molar-refractivity contribution in [2.75, 3.05) is 17.6 Å². The van der Waals surface area contributed by atoms with E-state index in [1.54, 1.807) is 0 Å². The van der Waals surface area contributed by atoms with Gasteiger partial charge in [0, 0.05) is 12.8 Å². The molecule has 0 aliphatic carbocycles. The maximum atomic E-state index is 13.5. The van der Waals surface area contributed by atoms with Gasteiger partial charge in [-0.25, -0.2) is 19.0 Å². The Morgan fingerprint density at radius 3 is 2.85 bits per heavy atom. The van der Waals surface area contributed by atoms with Gasteiger partial charge in [0.1, 0.15) is 12.9 Å². The van der Waals surface area contributed by atoms with Crippen LogP contribution in [0.2, 0.25) is 0 Å². The predicted octanol–water partition coefficient (Wildman–Crippen LogP) is 0.955. The molecule has 0 fully saturated rings. The van der Waals surface area contributed by atoms with Crippen molar-refractivity contribution in [2.24, 2.45) is 4.99 Å². The lowest BCUT2D eigenvalue weighted by atomic mass is 10.1. The standard InChI is InChI=1S/C16H20FN7O2/c1-4-19-5-10-13(18)14(9(2)3)23-24(16(10)26)7-12(25)22-15-11(17)6-20-8-21-15/h5-6,8-9H,4,7,18H2,1-3H3,(H,20,21,22,25). The summed E-state index contributed by atoms with van der Waals surface area (Å²) in [6, 6.07) is 0. The number of nitrogens with zero attached hydrogens (tertiary/aromatic N) is 5. The Bertz CT molecular complexity index is 893. The van der Waals surface area contributed by atoms with E-state index in [0.29, 0.717) is 12.2 Å². The van der Waals surface area contributed by atoms with E-state index >= 15 is 0 Å². The van der Waals surface area contributed by atoms with Crippen LogP contribution in [0.5, 0.6) is 0 Å². The minimum Gasteiger partial charge on any atom is -0.396 e. The zero-order valence-corrected chi connectivity index (χ0v) is 14.7. The number of carbonyl (C=O) groups excluding carboxylic acids is 1. The van der Waals surface area contributed by atoms with Crippen molar-refractivity contribution in [1.82, 2.24) is 19.7 Å². The van der Waals surface area contributed by atoms with Crippen LogP contribution in [0.25, 0.3) is 0 Å². The molecule has 0 saturated carbocycles. The topological polar surface area (TPSA) is 128 Å². The maximum absolute atomic E-state index is 13.5. The number of hydrogen-bond donors (Lipinski definition) is 2. The number of aromatic nitrogens is 4. The second-order valence-electron chi connectivity index (χ2n) is 5.73. The summed E-state index contributed by atoms with van der Waals surface area (Å²) in [7, 11) is 0. The summed E-state index contributed by atoms with van der Waals surface area (Å²) in [4.78, 5) is 35.9. The van der Waals surface area contributed by atoms with E-state index in [4.69, 9.17) is 5.73 Å². The molecule has 0 unspecified atom stereocenters. The molecule has 0 saturated heterocycles. The van der Waals surface area contributed by atoms with Gasteiger partial charge in [0.15, 0.2) is 11.6 Å². The van der Waals surface area contributed by atoms with E-state index in [1.807, 2.05) is 20.8 Å². The minimum atomic E-state index is -0.780. The molecule has 138 valence electrons. The van der Waals surface area contributed by atoms with Gasteiger partial charge in [0.2, 0.25) is 5.91 Å². The van der Waals surface area contributed by atoms with E-state index in [-0.39, 0.29) is 23.0 Å². The van der Waals surface area contributed by atoms with Crippen molar-refractivity contribution >= 4 is 23.6 Å². The first kappa shape index (κ1) is 19.2. The van der Waals surface area contributed by atoms with E-state index in [2.05, 4.69) is 25.4 Å². The summed E-state index contributed by atoms with van der Waals surface area (Å²) >= 11 is 0.